The summed E-state index contributed by atoms with van der Waals surface area (Å²) in [6.07, 6.45) is 0. The molecule has 0 saturated carbocycles. The quantitative estimate of drug-likeness (QED) is 0.599. The first-order valence-corrected chi connectivity index (χ1v) is 6.78. The molecule has 0 aromatic heterocycles. The normalized spacial score (nSPS) is 21.9. The van der Waals surface area contributed by atoms with Crippen LogP contribution >= 0.6 is 0 Å². The molecule has 1 N–H and O–H groups in total. The molecular formula is C15H21NO4. The summed E-state index contributed by atoms with van der Waals surface area (Å²) in [5.41, 5.74) is 0.611. The number of para-hydroxylation sites is 1. The fourth-order valence-electron chi connectivity index (χ4n) is 2.33. The minimum atomic E-state index is -0.160. The molecule has 0 aliphatic carbocycles. The molecule has 1 aliphatic heterocycles. The maximum Gasteiger partial charge on any atom is 0.173 e. The highest BCUT2D eigenvalue weighted by molar-refractivity contribution is 6.01. The van der Waals surface area contributed by atoms with Crippen molar-refractivity contribution >= 4 is 5.78 Å². The first kappa shape index (κ1) is 15.0. The minimum absolute atomic E-state index is 0.0644. The SMILES string of the molecule is CNC1COCC1C(=O)c1ccccc1OCCOC. The van der Waals surface area contributed by atoms with Gasteiger partial charge >= 0.3 is 0 Å². The number of rotatable bonds is 7. The molecule has 1 aliphatic rings. The first-order valence-electron chi connectivity index (χ1n) is 6.78. The average Bonchev–Trinajstić information content (AvgIpc) is 2.96. The second-order valence-corrected chi connectivity index (χ2v) is 4.74. The Bertz CT molecular complexity index is 449. The smallest absolute Gasteiger partial charge is 0.173 e. The van der Waals surface area contributed by atoms with Crippen molar-refractivity contribution < 1.29 is 19.0 Å². The fraction of sp³-hybridized carbons (Fsp3) is 0.533. The van der Waals surface area contributed by atoms with Crippen molar-refractivity contribution in [2.24, 2.45) is 5.92 Å². The molecule has 5 heteroatoms. The molecular weight excluding hydrogens is 258 g/mol. The highest BCUT2D eigenvalue weighted by Crippen LogP contribution is 2.25. The second-order valence-electron chi connectivity index (χ2n) is 4.74. The molecule has 2 rings (SSSR count). The van der Waals surface area contributed by atoms with Crippen LogP contribution in [0.5, 0.6) is 5.75 Å². The first-order chi connectivity index (χ1) is 9.77. The highest BCUT2D eigenvalue weighted by Gasteiger charge is 2.34. The van der Waals surface area contributed by atoms with Gasteiger partial charge in [-0.05, 0) is 19.2 Å². The van der Waals surface area contributed by atoms with Crippen LogP contribution < -0.4 is 10.1 Å². The molecule has 5 nitrogen and oxygen atoms in total. The summed E-state index contributed by atoms with van der Waals surface area (Å²) >= 11 is 0. The molecule has 0 spiro atoms. The Hall–Kier alpha value is -1.43. The average molecular weight is 279 g/mol. The number of methoxy groups -OCH3 is 1. The molecule has 1 fully saturated rings. The number of likely N-dealkylation sites (N-methyl/N-ethyl adjacent to an activating group) is 1. The molecule has 2 unspecified atom stereocenters. The number of ether oxygens (including phenoxy) is 3. The van der Waals surface area contributed by atoms with Gasteiger partial charge in [0.15, 0.2) is 5.78 Å². The maximum absolute atomic E-state index is 12.6. The number of benzene rings is 1. The van der Waals surface area contributed by atoms with Crippen molar-refractivity contribution in [2.45, 2.75) is 6.04 Å². The van der Waals surface area contributed by atoms with Crippen LogP contribution in [0.2, 0.25) is 0 Å². The van der Waals surface area contributed by atoms with Crippen LogP contribution in [-0.4, -0.2) is 52.4 Å². The van der Waals surface area contributed by atoms with E-state index in [-0.39, 0.29) is 17.7 Å². The Morgan fingerprint density at radius 3 is 2.90 bits per heavy atom. The summed E-state index contributed by atoms with van der Waals surface area (Å²) in [6.45, 7) is 1.95. The number of carbonyl (C=O) groups excluding carboxylic acids is 1. The van der Waals surface area contributed by atoms with E-state index in [1.54, 1.807) is 13.2 Å². The molecule has 20 heavy (non-hydrogen) atoms. The highest BCUT2D eigenvalue weighted by atomic mass is 16.5. The molecule has 2 atom stereocenters. The van der Waals surface area contributed by atoms with Crippen molar-refractivity contribution in [3.63, 3.8) is 0 Å². The van der Waals surface area contributed by atoms with E-state index in [4.69, 9.17) is 14.2 Å². The van der Waals surface area contributed by atoms with Gasteiger partial charge in [0.05, 0.1) is 31.3 Å². The van der Waals surface area contributed by atoms with Gasteiger partial charge in [-0.2, -0.15) is 0 Å². The van der Waals surface area contributed by atoms with E-state index in [2.05, 4.69) is 5.32 Å². The third kappa shape index (κ3) is 3.36. The van der Waals surface area contributed by atoms with Gasteiger partial charge in [-0.3, -0.25) is 4.79 Å². The van der Waals surface area contributed by atoms with E-state index in [1.807, 2.05) is 25.2 Å². The van der Waals surface area contributed by atoms with Crippen molar-refractivity contribution in [3.8, 4) is 5.75 Å². The van der Waals surface area contributed by atoms with Crippen LogP contribution in [0.15, 0.2) is 24.3 Å². The lowest BCUT2D eigenvalue weighted by Gasteiger charge is -2.17. The molecule has 1 aromatic rings. The predicted molar refractivity (Wildman–Crippen MR) is 75.3 cm³/mol. The lowest BCUT2D eigenvalue weighted by molar-refractivity contribution is 0.0885. The van der Waals surface area contributed by atoms with Gasteiger partial charge in [0.1, 0.15) is 12.4 Å². The van der Waals surface area contributed by atoms with Crippen molar-refractivity contribution in [1.29, 1.82) is 0 Å². The van der Waals surface area contributed by atoms with E-state index < -0.39 is 0 Å². The summed E-state index contributed by atoms with van der Waals surface area (Å²) in [6, 6.07) is 7.39. The lowest BCUT2D eigenvalue weighted by Crippen LogP contribution is -2.37. The molecule has 1 heterocycles. The van der Waals surface area contributed by atoms with Crippen LogP contribution in [0.3, 0.4) is 0 Å². The van der Waals surface area contributed by atoms with Gasteiger partial charge in [0.2, 0.25) is 0 Å². The number of nitrogens with one attached hydrogen (secondary N) is 1. The van der Waals surface area contributed by atoms with Crippen LogP contribution in [0.4, 0.5) is 0 Å². The van der Waals surface area contributed by atoms with Crippen molar-refractivity contribution in [2.75, 3.05) is 40.6 Å². The van der Waals surface area contributed by atoms with E-state index in [1.165, 1.54) is 0 Å². The summed E-state index contributed by atoms with van der Waals surface area (Å²) in [5, 5.41) is 3.13. The van der Waals surface area contributed by atoms with Crippen LogP contribution in [0.1, 0.15) is 10.4 Å². The Kier molecular flexibility index (Phi) is 5.52. The Morgan fingerprint density at radius 1 is 1.35 bits per heavy atom. The minimum Gasteiger partial charge on any atom is -0.490 e. The van der Waals surface area contributed by atoms with Gasteiger partial charge in [0, 0.05) is 13.2 Å². The summed E-state index contributed by atoms with van der Waals surface area (Å²) in [7, 11) is 3.47. The third-order valence-electron chi connectivity index (χ3n) is 3.49. The number of hydrogen-bond acceptors (Lipinski definition) is 5. The number of hydrogen-bond donors (Lipinski definition) is 1. The van der Waals surface area contributed by atoms with E-state index in [0.717, 1.165) is 0 Å². The third-order valence-corrected chi connectivity index (χ3v) is 3.49. The molecule has 0 radical (unpaired) electrons. The largest absolute Gasteiger partial charge is 0.490 e. The van der Waals surface area contributed by atoms with Gasteiger partial charge in [-0.1, -0.05) is 12.1 Å². The number of ketones is 1. The van der Waals surface area contributed by atoms with E-state index in [0.29, 0.717) is 37.7 Å². The zero-order valence-electron chi connectivity index (χ0n) is 11.9. The zero-order valence-corrected chi connectivity index (χ0v) is 11.9. The van der Waals surface area contributed by atoms with E-state index >= 15 is 0 Å². The standard InChI is InChI=1S/C15H21NO4/c1-16-13-10-19-9-12(13)15(17)11-5-3-4-6-14(11)20-8-7-18-2/h3-6,12-13,16H,7-10H2,1-2H3. The zero-order chi connectivity index (χ0) is 14.4. The van der Waals surface area contributed by atoms with Gasteiger partial charge in [-0.15, -0.1) is 0 Å². The van der Waals surface area contributed by atoms with Gasteiger partial charge < -0.3 is 19.5 Å². The van der Waals surface area contributed by atoms with Crippen molar-refractivity contribution in [1.82, 2.24) is 5.32 Å². The molecule has 1 saturated heterocycles. The molecule has 0 amide bonds. The second kappa shape index (κ2) is 7.38. The number of Topliss-reactive ketones (excluding diaryl/α,β-unsaturated/α-hetero) is 1. The molecule has 1 aromatic carbocycles. The van der Waals surface area contributed by atoms with Crippen LogP contribution in [-0.2, 0) is 9.47 Å². The van der Waals surface area contributed by atoms with Gasteiger partial charge in [0.25, 0.3) is 0 Å². The lowest BCUT2D eigenvalue weighted by atomic mass is 9.93. The fourth-order valence-corrected chi connectivity index (χ4v) is 2.33. The summed E-state index contributed by atoms with van der Waals surface area (Å²) in [5.74, 6) is 0.512. The van der Waals surface area contributed by atoms with Crippen LogP contribution in [0.25, 0.3) is 0 Å². The predicted octanol–water partition coefficient (Wildman–Crippen LogP) is 1.13. The maximum atomic E-state index is 12.6. The Balaban J connectivity index is 2.12. The topological polar surface area (TPSA) is 56.8 Å². The molecule has 0 bridgehead atoms. The summed E-state index contributed by atoms with van der Waals surface area (Å²) in [4.78, 5) is 12.6. The Morgan fingerprint density at radius 2 is 2.15 bits per heavy atom. The van der Waals surface area contributed by atoms with Gasteiger partial charge in [-0.25, -0.2) is 0 Å². The monoisotopic (exact) mass is 279 g/mol. The molecule has 110 valence electrons. The van der Waals surface area contributed by atoms with E-state index in [9.17, 15) is 4.79 Å². The number of carbonyl (C=O) groups is 1. The van der Waals surface area contributed by atoms with Crippen molar-refractivity contribution in [3.05, 3.63) is 29.8 Å². The Labute approximate surface area is 119 Å². The van der Waals surface area contributed by atoms with Crippen LogP contribution in [0, 0.1) is 5.92 Å². The summed E-state index contributed by atoms with van der Waals surface area (Å²) < 4.78 is 16.0.